The van der Waals surface area contributed by atoms with Crippen LogP contribution in [0.15, 0.2) is 199 Å². The number of hydrogen-bond acceptors (Lipinski definition) is 4. The van der Waals surface area contributed by atoms with Crippen LogP contribution in [-0.2, 0) is 0 Å². The first kappa shape index (κ1) is 31.9. The molecule has 5 nitrogen and oxygen atoms in total. The van der Waals surface area contributed by atoms with E-state index in [9.17, 15) is 0 Å². The van der Waals surface area contributed by atoms with E-state index >= 15 is 0 Å². The number of nitrogens with zero attached hydrogens (tertiary/aromatic N) is 4. The van der Waals surface area contributed by atoms with Gasteiger partial charge in [0, 0.05) is 38.5 Å². The van der Waals surface area contributed by atoms with Gasteiger partial charge in [-0.05, 0) is 64.7 Å². The van der Waals surface area contributed by atoms with E-state index in [0.29, 0.717) is 17.5 Å². The Morgan fingerprint density at radius 1 is 0.357 bits per heavy atom. The molecular formula is C51H32N4O. The minimum atomic E-state index is 0.579. The molecule has 0 radical (unpaired) electrons. The van der Waals surface area contributed by atoms with E-state index in [4.69, 9.17) is 19.4 Å². The second-order valence-corrected chi connectivity index (χ2v) is 14.0. The Bertz CT molecular complexity index is 3220. The quantitative estimate of drug-likeness (QED) is 0.172. The standard InChI is InChI=1S/C51H32N4O/c1-4-14-33(15-5-1)35-26-28-36(29-27-35)49-52-50(38-19-12-18-37(32-38)34-16-6-2-7-17-34)54-51(53-49)42-23-13-25-44-46(42)47-45(56-44)31-30-41-40-22-10-11-24-43(40)55(48(41)47)39-20-8-3-9-21-39/h1-32H. The number of benzene rings is 8. The number of hydrogen-bond donors (Lipinski definition) is 0. The Morgan fingerprint density at radius 2 is 0.911 bits per heavy atom. The van der Waals surface area contributed by atoms with E-state index < -0.39 is 0 Å². The van der Waals surface area contributed by atoms with Crippen LogP contribution in [0.2, 0.25) is 0 Å². The summed E-state index contributed by atoms with van der Waals surface area (Å²) >= 11 is 0. The zero-order chi connectivity index (χ0) is 37.0. The predicted octanol–water partition coefficient (Wildman–Crippen LogP) is 13.2. The Kier molecular flexibility index (Phi) is 7.42. The highest BCUT2D eigenvalue weighted by Gasteiger charge is 2.23. The monoisotopic (exact) mass is 716 g/mol. The fourth-order valence-electron chi connectivity index (χ4n) is 8.06. The van der Waals surface area contributed by atoms with Crippen molar-refractivity contribution in [3.63, 3.8) is 0 Å². The molecule has 0 fully saturated rings. The lowest BCUT2D eigenvalue weighted by Crippen LogP contribution is -2.01. The second-order valence-electron chi connectivity index (χ2n) is 14.0. The van der Waals surface area contributed by atoms with Gasteiger partial charge in [0.15, 0.2) is 17.5 Å². The van der Waals surface area contributed by atoms with E-state index in [1.54, 1.807) is 0 Å². The van der Waals surface area contributed by atoms with Gasteiger partial charge in [-0.25, -0.2) is 15.0 Å². The van der Waals surface area contributed by atoms with E-state index in [1.165, 1.54) is 5.39 Å². The summed E-state index contributed by atoms with van der Waals surface area (Å²) in [4.78, 5) is 15.7. The fraction of sp³-hybridized carbons (Fsp3) is 0. The van der Waals surface area contributed by atoms with Crippen molar-refractivity contribution in [2.75, 3.05) is 0 Å². The average Bonchev–Trinajstić information content (AvgIpc) is 3.83. The van der Waals surface area contributed by atoms with Crippen molar-refractivity contribution in [2.24, 2.45) is 0 Å². The molecule has 0 saturated carbocycles. The molecule has 56 heavy (non-hydrogen) atoms. The highest BCUT2D eigenvalue weighted by atomic mass is 16.3. The average molecular weight is 717 g/mol. The van der Waals surface area contributed by atoms with Crippen LogP contribution in [0.5, 0.6) is 0 Å². The van der Waals surface area contributed by atoms with Crippen molar-refractivity contribution in [1.82, 2.24) is 19.5 Å². The molecule has 11 rings (SSSR count). The highest BCUT2D eigenvalue weighted by Crippen LogP contribution is 2.44. The molecule has 0 N–H and O–H groups in total. The molecule has 0 spiro atoms. The van der Waals surface area contributed by atoms with E-state index in [2.05, 4.69) is 174 Å². The zero-order valence-corrected chi connectivity index (χ0v) is 30.2. The van der Waals surface area contributed by atoms with Crippen LogP contribution in [0.1, 0.15) is 0 Å². The Morgan fingerprint density at radius 3 is 1.68 bits per heavy atom. The van der Waals surface area contributed by atoms with E-state index in [-0.39, 0.29) is 0 Å². The zero-order valence-electron chi connectivity index (χ0n) is 30.2. The van der Waals surface area contributed by atoms with Crippen LogP contribution in [0.25, 0.3) is 106 Å². The van der Waals surface area contributed by atoms with Gasteiger partial charge < -0.3 is 8.98 Å². The number of furan rings is 1. The van der Waals surface area contributed by atoms with E-state index in [1.807, 2.05) is 24.3 Å². The second kappa shape index (κ2) is 13.0. The number of para-hydroxylation sites is 2. The van der Waals surface area contributed by atoms with Crippen LogP contribution in [0.4, 0.5) is 0 Å². The van der Waals surface area contributed by atoms with Crippen molar-refractivity contribution < 1.29 is 4.42 Å². The lowest BCUT2D eigenvalue weighted by atomic mass is 10.0. The normalized spacial score (nSPS) is 11.6. The molecule has 0 bridgehead atoms. The summed E-state index contributed by atoms with van der Waals surface area (Å²) in [6, 6.07) is 67.3. The third kappa shape index (κ3) is 5.29. The molecular weight excluding hydrogens is 685 g/mol. The molecule has 11 aromatic rings. The molecule has 0 amide bonds. The first-order chi connectivity index (χ1) is 27.8. The fourth-order valence-corrected chi connectivity index (χ4v) is 8.06. The van der Waals surface area contributed by atoms with Crippen LogP contribution in [0, 0.1) is 0 Å². The smallest absolute Gasteiger partial charge is 0.164 e. The van der Waals surface area contributed by atoms with Gasteiger partial charge in [-0.3, -0.25) is 0 Å². The third-order valence-electron chi connectivity index (χ3n) is 10.7. The van der Waals surface area contributed by atoms with Crippen molar-refractivity contribution in [3.8, 4) is 62.1 Å². The van der Waals surface area contributed by atoms with Crippen molar-refractivity contribution >= 4 is 43.7 Å². The van der Waals surface area contributed by atoms with Crippen LogP contribution in [0.3, 0.4) is 0 Å². The van der Waals surface area contributed by atoms with Gasteiger partial charge >= 0.3 is 0 Å². The van der Waals surface area contributed by atoms with Crippen LogP contribution in [-0.4, -0.2) is 19.5 Å². The largest absolute Gasteiger partial charge is 0.456 e. The maximum atomic E-state index is 6.67. The van der Waals surface area contributed by atoms with Gasteiger partial charge in [0.25, 0.3) is 0 Å². The molecule has 0 aliphatic heterocycles. The van der Waals surface area contributed by atoms with Gasteiger partial charge in [-0.15, -0.1) is 0 Å². The third-order valence-corrected chi connectivity index (χ3v) is 10.7. The Labute approximate surface area is 322 Å². The molecule has 0 unspecified atom stereocenters. The van der Waals surface area contributed by atoms with E-state index in [0.717, 1.165) is 83.0 Å². The summed E-state index contributed by atoms with van der Waals surface area (Å²) in [7, 11) is 0. The molecule has 0 aliphatic carbocycles. The summed E-state index contributed by atoms with van der Waals surface area (Å²) in [5, 5.41) is 4.33. The van der Waals surface area contributed by atoms with Crippen LogP contribution >= 0.6 is 0 Å². The Balaban J connectivity index is 1.18. The maximum absolute atomic E-state index is 6.67. The SMILES string of the molecule is c1ccc(-c2ccc(-c3nc(-c4cccc(-c5ccccc5)c4)nc(-c4cccc5oc6ccc7c8ccccc8n(-c8ccccc8)c7c6c45)n3)cc2)cc1. The number of rotatable bonds is 6. The summed E-state index contributed by atoms with van der Waals surface area (Å²) in [5.74, 6) is 1.78. The molecule has 3 heterocycles. The molecule has 5 heteroatoms. The van der Waals surface area contributed by atoms with Gasteiger partial charge in [0.2, 0.25) is 0 Å². The van der Waals surface area contributed by atoms with Gasteiger partial charge in [-0.2, -0.15) is 0 Å². The molecule has 0 saturated heterocycles. The molecule has 0 aliphatic rings. The van der Waals surface area contributed by atoms with Crippen molar-refractivity contribution in [2.45, 2.75) is 0 Å². The van der Waals surface area contributed by atoms with Gasteiger partial charge in [0.05, 0.1) is 16.4 Å². The topological polar surface area (TPSA) is 56.7 Å². The van der Waals surface area contributed by atoms with Crippen LogP contribution < -0.4 is 0 Å². The summed E-state index contributed by atoms with van der Waals surface area (Å²) in [6.45, 7) is 0. The summed E-state index contributed by atoms with van der Waals surface area (Å²) in [6.07, 6.45) is 0. The highest BCUT2D eigenvalue weighted by molar-refractivity contribution is 6.26. The first-order valence-electron chi connectivity index (χ1n) is 18.8. The number of aromatic nitrogens is 4. The minimum Gasteiger partial charge on any atom is -0.456 e. The molecule has 8 aromatic carbocycles. The van der Waals surface area contributed by atoms with Gasteiger partial charge in [0.1, 0.15) is 11.2 Å². The number of fused-ring (bicyclic) bond motifs is 7. The molecule has 0 atom stereocenters. The summed E-state index contributed by atoms with van der Waals surface area (Å²) < 4.78 is 9.03. The Hall–Kier alpha value is -7.63. The van der Waals surface area contributed by atoms with Gasteiger partial charge in [-0.1, -0.05) is 152 Å². The molecule has 3 aromatic heterocycles. The lowest BCUT2D eigenvalue weighted by Gasteiger charge is -2.11. The summed E-state index contributed by atoms with van der Waals surface area (Å²) in [5.41, 5.74) is 12.1. The van der Waals surface area contributed by atoms with Crippen molar-refractivity contribution in [1.29, 1.82) is 0 Å². The predicted molar refractivity (Wildman–Crippen MR) is 229 cm³/mol. The van der Waals surface area contributed by atoms with Crippen molar-refractivity contribution in [3.05, 3.63) is 194 Å². The minimum absolute atomic E-state index is 0.579. The first-order valence-corrected chi connectivity index (χ1v) is 18.8. The maximum Gasteiger partial charge on any atom is 0.164 e. The lowest BCUT2D eigenvalue weighted by molar-refractivity contribution is 0.669. The molecule has 262 valence electrons.